The predicted octanol–water partition coefficient (Wildman–Crippen LogP) is 2.17. The minimum atomic E-state index is 0.103. The molecule has 17 heavy (non-hydrogen) atoms. The van der Waals surface area contributed by atoms with Gasteiger partial charge in [-0.3, -0.25) is 4.79 Å². The summed E-state index contributed by atoms with van der Waals surface area (Å²) in [7, 11) is 0. The molecule has 2 rings (SSSR count). The van der Waals surface area contributed by atoms with Crippen LogP contribution in [0.2, 0.25) is 0 Å². The van der Waals surface area contributed by atoms with Crippen LogP contribution in [0.4, 0.5) is 0 Å². The Balaban J connectivity index is 1.84. The lowest BCUT2D eigenvalue weighted by Gasteiger charge is -2.33. The highest BCUT2D eigenvalue weighted by atomic mass is 16.2. The van der Waals surface area contributed by atoms with E-state index in [1.807, 2.05) is 0 Å². The second kappa shape index (κ2) is 5.85. The van der Waals surface area contributed by atoms with Crippen LogP contribution in [0.1, 0.15) is 52.4 Å². The molecule has 1 aliphatic carbocycles. The van der Waals surface area contributed by atoms with Crippen LogP contribution in [0.25, 0.3) is 0 Å². The molecule has 1 N–H and O–H groups in total. The third kappa shape index (κ3) is 3.01. The monoisotopic (exact) mass is 238 g/mol. The van der Waals surface area contributed by atoms with Crippen LogP contribution in [-0.4, -0.2) is 36.0 Å². The number of rotatable bonds is 6. The van der Waals surface area contributed by atoms with Crippen molar-refractivity contribution in [2.45, 2.75) is 64.5 Å². The first-order valence-corrected chi connectivity index (χ1v) is 7.31. The lowest BCUT2D eigenvalue weighted by atomic mass is 10.0. The van der Waals surface area contributed by atoms with E-state index in [9.17, 15) is 4.79 Å². The van der Waals surface area contributed by atoms with Gasteiger partial charge in [0.15, 0.2) is 0 Å². The highest BCUT2D eigenvalue weighted by Crippen LogP contribution is 2.40. The van der Waals surface area contributed by atoms with Gasteiger partial charge in [0.25, 0.3) is 0 Å². The fourth-order valence-corrected chi connectivity index (χ4v) is 3.03. The Hall–Kier alpha value is -0.570. The minimum absolute atomic E-state index is 0.103. The summed E-state index contributed by atoms with van der Waals surface area (Å²) < 4.78 is 0. The van der Waals surface area contributed by atoms with E-state index in [-0.39, 0.29) is 6.04 Å². The molecule has 2 aliphatic rings. The first kappa shape index (κ1) is 12.9. The summed E-state index contributed by atoms with van der Waals surface area (Å²) in [5.41, 5.74) is 0. The molecular weight excluding hydrogens is 212 g/mol. The molecular formula is C14H26N2O. The van der Waals surface area contributed by atoms with Crippen molar-refractivity contribution < 1.29 is 4.79 Å². The smallest absolute Gasteiger partial charge is 0.239 e. The van der Waals surface area contributed by atoms with Crippen LogP contribution >= 0.6 is 0 Å². The summed E-state index contributed by atoms with van der Waals surface area (Å²) in [6.45, 7) is 6.34. The summed E-state index contributed by atoms with van der Waals surface area (Å²) in [6.07, 6.45) is 7.09. The van der Waals surface area contributed by atoms with Crippen molar-refractivity contribution in [1.29, 1.82) is 0 Å². The number of hydrogen-bond acceptors (Lipinski definition) is 2. The van der Waals surface area contributed by atoms with Gasteiger partial charge in [0, 0.05) is 12.6 Å². The van der Waals surface area contributed by atoms with Gasteiger partial charge >= 0.3 is 0 Å². The summed E-state index contributed by atoms with van der Waals surface area (Å²) in [5.74, 6) is 1.17. The van der Waals surface area contributed by atoms with Crippen LogP contribution in [0, 0.1) is 5.92 Å². The second-order valence-electron chi connectivity index (χ2n) is 5.53. The number of nitrogens with zero attached hydrogens (tertiary/aromatic N) is 1. The maximum absolute atomic E-state index is 12.3. The molecule has 0 radical (unpaired) electrons. The van der Waals surface area contributed by atoms with Gasteiger partial charge in [0.1, 0.15) is 0 Å². The maximum atomic E-state index is 12.3. The Morgan fingerprint density at radius 2 is 2.18 bits per heavy atom. The van der Waals surface area contributed by atoms with E-state index in [0.717, 1.165) is 31.8 Å². The standard InChI is InChI=1S/C14H26N2O/c1-3-6-11-10-13(11)16-9-5-7-12(14(16)17)15-8-4-2/h11-13,15H,3-10H2,1-2H3. The largest absolute Gasteiger partial charge is 0.338 e. The molecule has 98 valence electrons. The van der Waals surface area contributed by atoms with Crippen molar-refractivity contribution in [3.63, 3.8) is 0 Å². The Labute approximate surface area is 105 Å². The summed E-state index contributed by atoms with van der Waals surface area (Å²) >= 11 is 0. The van der Waals surface area contributed by atoms with Gasteiger partial charge < -0.3 is 10.2 Å². The Morgan fingerprint density at radius 1 is 1.35 bits per heavy atom. The maximum Gasteiger partial charge on any atom is 0.239 e. The van der Waals surface area contributed by atoms with Crippen molar-refractivity contribution in [3.05, 3.63) is 0 Å². The Bertz CT molecular complexity index is 267. The highest BCUT2D eigenvalue weighted by molar-refractivity contribution is 5.83. The average molecular weight is 238 g/mol. The molecule has 2 fully saturated rings. The number of amides is 1. The molecule has 1 saturated carbocycles. The zero-order valence-electron chi connectivity index (χ0n) is 11.2. The lowest BCUT2D eigenvalue weighted by molar-refractivity contribution is -0.136. The van der Waals surface area contributed by atoms with Crippen molar-refractivity contribution in [2.75, 3.05) is 13.1 Å². The van der Waals surface area contributed by atoms with E-state index in [2.05, 4.69) is 24.1 Å². The minimum Gasteiger partial charge on any atom is -0.338 e. The molecule has 3 heteroatoms. The fourth-order valence-electron chi connectivity index (χ4n) is 3.03. The van der Waals surface area contributed by atoms with E-state index in [1.165, 1.54) is 25.7 Å². The molecule has 0 aromatic heterocycles. The number of nitrogens with one attached hydrogen (secondary N) is 1. The van der Waals surface area contributed by atoms with Gasteiger partial charge in [0.05, 0.1) is 6.04 Å². The highest BCUT2D eigenvalue weighted by Gasteiger charge is 2.45. The van der Waals surface area contributed by atoms with Crippen molar-refractivity contribution >= 4 is 5.91 Å². The summed E-state index contributed by atoms with van der Waals surface area (Å²) in [6, 6.07) is 0.681. The number of hydrogen-bond donors (Lipinski definition) is 1. The molecule has 1 aliphatic heterocycles. The zero-order valence-corrected chi connectivity index (χ0v) is 11.2. The van der Waals surface area contributed by atoms with Gasteiger partial charge in [-0.15, -0.1) is 0 Å². The van der Waals surface area contributed by atoms with E-state index < -0.39 is 0 Å². The van der Waals surface area contributed by atoms with Gasteiger partial charge in [0.2, 0.25) is 5.91 Å². The van der Waals surface area contributed by atoms with Crippen LogP contribution in [0.5, 0.6) is 0 Å². The summed E-state index contributed by atoms with van der Waals surface area (Å²) in [5, 5.41) is 3.39. The fraction of sp³-hybridized carbons (Fsp3) is 0.929. The number of carbonyl (C=O) groups is 1. The third-order valence-electron chi connectivity index (χ3n) is 4.06. The Morgan fingerprint density at radius 3 is 2.88 bits per heavy atom. The van der Waals surface area contributed by atoms with E-state index in [1.54, 1.807) is 0 Å². The quantitative estimate of drug-likeness (QED) is 0.769. The van der Waals surface area contributed by atoms with Crippen LogP contribution in [-0.2, 0) is 4.79 Å². The van der Waals surface area contributed by atoms with E-state index in [0.29, 0.717) is 11.9 Å². The first-order chi connectivity index (χ1) is 8.27. The van der Waals surface area contributed by atoms with Gasteiger partial charge in [-0.2, -0.15) is 0 Å². The molecule has 3 atom stereocenters. The number of carbonyl (C=O) groups excluding carboxylic acids is 1. The van der Waals surface area contributed by atoms with Gasteiger partial charge in [-0.05, 0) is 44.6 Å². The first-order valence-electron chi connectivity index (χ1n) is 7.31. The van der Waals surface area contributed by atoms with E-state index >= 15 is 0 Å². The lowest BCUT2D eigenvalue weighted by Crippen LogP contribution is -2.51. The van der Waals surface area contributed by atoms with Crippen molar-refractivity contribution in [2.24, 2.45) is 5.92 Å². The second-order valence-corrected chi connectivity index (χ2v) is 5.53. The number of piperidine rings is 1. The normalized spacial score (nSPS) is 32.9. The molecule has 3 unspecified atom stereocenters. The third-order valence-corrected chi connectivity index (χ3v) is 4.06. The SMILES string of the molecule is CCCNC1CCCN(C2CC2CCC)C1=O. The van der Waals surface area contributed by atoms with Crippen LogP contribution in [0.3, 0.4) is 0 Å². The predicted molar refractivity (Wildman–Crippen MR) is 69.8 cm³/mol. The molecule has 1 heterocycles. The van der Waals surface area contributed by atoms with Crippen LogP contribution in [0.15, 0.2) is 0 Å². The summed E-state index contributed by atoms with van der Waals surface area (Å²) in [4.78, 5) is 14.5. The number of likely N-dealkylation sites (tertiary alicyclic amines) is 1. The molecule has 0 aromatic carbocycles. The zero-order chi connectivity index (χ0) is 12.3. The van der Waals surface area contributed by atoms with Crippen molar-refractivity contribution in [1.82, 2.24) is 10.2 Å². The average Bonchev–Trinajstić information content (AvgIpc) is 3.07. The van der Waals surface area contributed by atoms with Crippen molar-refractivity contribution in [3.8, 4) is 0 Å². The van der Waals surface area contributed by atoms with Gasteiger partial charge in [-0.25, -0.2) is 0 Å². The molecule has 1 saturated heterocycles. The molecule has 0 aromatic rings. The topological polar surface area (TPSA) is 32.3 Å². The molecule has 1 amide bonds. The molecule has 3 nitrogen and oxygen atoms in total. The van der Waals surface area contributed by atoms with Crippen LogP contribution < -0.4 is 5.32 Å². The van der Waals surface area contributed by atoms with E-state index in [4.69, 9.17) is 0 Å². The molecule has 0 spiro atoms. The van der Waals surface area contributed by atoms with Gasteiger partial charge in [-0.1, -0.05) is 20.3 Å². The molecule has 0 bridgehead atoms. The Kier molecular flexibility index (Phi) is 4.43.